The number of hydrogen-bond acceptors (Lipinski definition) is 3. The van der Waals surface area contributed by atoms with Crippen molar-refractivity contribution in [1.29, 1.82) is 0 Å². The van der Waals surface area contributed by atoms with Crippen LogP contribution in [0, 0.1) is 0 Å². The summed E-state index contributed by atoms with van der Waals surface area (Å²) in [5, 5.41) is 2.55. The van der Waals surface area contributed by atoms with Gasteiger partial charge in [0, 0.05) is 11.3 Å². The van der Waals surface area contributed by atoms with E-state index in [1.54, 1.807) is 60.9 Å². The fourth-order valence-electron chi connectivity index (χ4n) is 1.94. The first-order chi connectivity index (χ1) is 10.7. The first-order valence-corrected chi connectivity index (χ1v) is 6.76. The van der Waals surface area contributed by atoms with E-state index >= 15 is 0 Å². The smallest absolute Gasteiger partial charge is 0.251 e. The third kappa shape index (κ3) is 4.02. The summed E-state index contributed by atoms with van der Waals surface area (Å²) >= 11 is 0. The minimum atomic E-state index is -0.376. The Hall–Kier alpha value is -2.95. The third-order valence-electron chi connectivity index (χ3n) is 3.03. The second-order valence-corrected chi connectivity index (χ2v) is 4.51. The normalized spacial score (nSPS) is 9.82. The first kappa shape index (κ1) is 15.4. The Morgan fingerprint density at radius 1 is 0.955 bits per heavy atom. The van der Waals surface area contributed by atoms with Crippen molar-refractivity contribution in [3.05, 3.63) is 66.2 Å². The maximum Gasteiger partial charge on any atom is 0.251 e. The molecule has 0 unspecified atom stereocenters. The fourth-order valence-corrected chi connectivity index (χ4v) is 1.94. The number of para-hydroxylation sites is 1. The van der Waals surface area contributed by atoms with Crippen LogP contribution in [0.3, 0.4) is 0 Å². The molecule has 1 N–H and O–H groups in total. The molecule has 22 heavy (non-hydrogen) atoms. The minimum absolute atomic E-state index is 0.177. The summed E-state index contributed by atoms with van der Waals surface area (Å²) in [6, 6.07) is 17.4. The Kier molecular flexibility index (Phi) is 5.43. The van der Waals surface area contributed by atoms with E-state index in [9.17, 15) is 14.4 Å². The minimum Gasteiger partial charge on any atom is -0.343 e. The van der Waals surface area contributed by atoms with Gasteiger partial charge in [-0.25, -0.2) is 0 Å². The van der Waals surface area contributed by atoms with Crippen molar-refractivity contribution >= 4 is 23.8 Å². The lowest BCUT2D eigenvalue weighted by molar-refractivity contribution is -0.117. The van der Waals surface area contributed by atoms with Crippen molar-refractivity contribution in [3.8, 4) is 0 Å². The van der Waals surface area contributed by atoms with Crippen LogP contribution in [-0.2, 0) is 9.59 Å². The topological polar surface area (TPSA) is 66.5 Å². The molecular weight excluding hydrogens is 280 g/mol. The molecule has 0 aliphatic heterocycles. The Labute approximate surface area is 128 Å². The largest absolute Gasteiger partial charge is 0.343 e. The van der Waals surface area contributed by atoms with Crippen LogP contribution < -0.4 is 10.2 Å². The SMILES string of the molecule is O=[C]CN(C(=O)CNC(=O)c1ccccc1)c1ccccc1. The third-order valence-corrected chi connectivity index (χ3v) is 3.03. The van der Waals surface area contributed by atoms with Gasteiger partial charge < -0.3 is 10.2 Å². The van der Waals surface area contributed by atoms with Crippen LogP contribution in [0.1, 0.15) is 10.4 Å². The molecule has 2 aromatic rings. The second kappa shape index (κ2) is 7.73. The van der Waals surface area contributed by atoms with E-state index in [4.69, 9.17) is 0 Å². The van der Waals surface area contributed by atoms with Gasteiger partial charge in [-0.05, 0) is 24.3 Å². The van der Waals surface area contributed by atoms with Crippen LogP contribution in [0.2, 0.25) is 0 Å². The van der Waals surface area contributed by atoms with Crippen LogP contribution in [0.5, 0.6) is 0 Å². The van der Waals surface area contributed by atoms with Crippen molar-refractivity contribution in [2.75, 3.05) is 18.0 Å². The summed E-state index contributed by atoms with van der Waals surface area (Å²) in [5.41, 5.74) is 1.06. The predicted molar refractivity (Wildman–Crippen MR) is 83.3 cm³/mol. The summed E-state index contributed by atoms with van der Waals surface area (Å²) in [6.45, 7) is -0.367. The molecule has 0 atom stereocenters. The Morgan fingerprint density at radius 2 is 1.55 bits per heavy atom. The van der Waals surface area contributed by atoms with Gasteiger partial charge in [0.05, 0.1) is 13.1 Å². The number of rotatable bonds is 6. The standard InChI is InChI=1S/C17H15N2O3/c20-12-11-19(15-9-5-2-6-10-15)16(21)13-18-17(22)14-7-3-1-4-8-14/h1-10H,11,13H2,(H,18,22). The molecule has 0 saturated carbocycles. The number of benzene rings is 2. The van der Waals surface area contributed by atoms with E-state index in [0.29, 0.717) is 11.3 Å². The van der Waals surface area contributed by atoms with Gasteiger partial charge in [-0.2, -0.15) is 0 Å². The van der Waals surface area contributed by atoms with E-state index in [-0.39, 0.29) is 24.9 Å². The lowest BCUT2D eigenvalue weighted by atomic mass is 10.2. The molecule has 0 aliphatic rings. The van der Waals surface area contributed by atoms with E-state index < -0.39 is 0 Å². The van der Waals surface area contributed by atoms with Crippen LogP contribution in [-0.4, -0.2) is 31.2 Å². The molecule has 111 valence electrons. The number of anilines is 1. The molecule has 5 nitrogen and oxygen atoms in total. The van der Waals surface area contributed by atoms with Crippen molar-refractivity contribution in [3.63, 3.8) is 0 Å². The van der Waals surface area contributed by atoms with Crippen molar-refractivity contribution in [2.24, 2.45) is 0 Å². The predicted octanol–water partition coefficient (Wildman–Crippen LogP) is 1.56. The highest BCUT2D eigenvalue weighted by Crippen LogP contribution is 2.12. The lowest BCUT2D eigenvalue weighted by Gasteiger charge is -2.20. The number of carbonyl (C=O) groups is 2. The van der Waals surface area contributed by atoms with Crippen molar-refractivity contribution < 1.29 is 14.4 Å². The number of amides is 2. The zero-order chi connectivity index (χ0) is 15.8. The number of carbonyl (C=O) groups excluding carboxylic acids is 3. The molecule has 0 spiro atoms. The highest BCUT2D eigenvalue weighted by atomic mass is 16.2. The molecule has 0 fully saturated rings. The van der Waals surface area contributed by atoms with Crippen LogP contribution >= 0.6 is 0 Å². The highest BCUT2D eigenvalue weighted by Gasteiger charge is 2.16. The van der Waals surface area contributed by atoms with Crippen LogP contribution in [0.15, 0.2) is 60.7 Å². The highest BCUT2D eigenvalue weighted by molar-refractivity contribution is 6.01. The lowest BCUT2D eigenvalue weighted by Crippen LogP contribution is -2.41. The molecule has 2 rings (SSSR count). The average Bonchev–Trinajstić information content (AvgIpc) is 2.58. The molecule has 2 aromatic carbocycles. The summed E-state index contributed by atoms with van der Waals surface area (Å²) in [6.07, 6.45) is 1.71. The van der Waals surface area contributed by atoms with E-state index in [2.05, 4.69) is 5.32 Å². The van der Waals surface area contributed by atoms with Crippen LogP contribution in [0.25, 0.3) is 0 Å². The zero-order valence-corrected chi connectivity index (χ0v) is 11.9. The molecule has 0 aromatic heterocycles. The maximum atomic E-state index is 12.2. The molecule has 1 radical (unpaired) electrons. The molecule has 0 saturated heterocycles. The molecule has 5 heteroatoms. The van der Waals surface area contributed by atoms with Gasteiger partial charge in [-0.15, -0.1) is 0 Å². The number of nitrogens with zero attached hydrogens (tertiary/aromatic N) is 1. The molecule has 0 aliphatic carbocycles. The van der Waals surface area contributed by atoms with Crippen LogP contribution in [0.4, 0.5) is 5.69 Å². The van der Waals surface area contributed by atoms with Gasteiger partial charge in [0.15, 0.2) is 0 Å². The van der Waals surface area contributed by atoms with Gasteiger partial charge >= 0.3 is 0 Å². The van der Waals surface area contributed by atoms with Crippen molar-refractivity contribution in [2.45, 2.75) is 0 Å². The average molecular weight is 295 g/mol. The zero-order valence-electron chi connectivity index (χ0n) is 11.9. The second-order valence-electron chi connectivity index (χ2n) is 4.51. The molecular formula is C17H15N2O3. The van der Waals surface area contributed by atoms with Gasteiger partial charge in [0.2, 0.25) is 12.2 Å². The van der Waals surface area contributed by atoms with Gasteiger partial charge in [0.1, 0.15) is 0 Å². The Balaban J connectivity index is 2.00. The molecule has 0 bridgehead atoms. The summed E-state index contributed by atoms with van der Waals surface area (Å²) in [7, 11) is 0. The van der Waals surface area contributed by atoms with Gasteiger partial charge in [-0.1, -0.05) is 36.4 Å². The monoisotopic (exact) mass is 295 g/mol. The first-order valence-electron chi connectivity index (χ1n) is 6.76. The maximum absolute atomic E-state index is 12.2. The number of nitrogens with one attached hydrogen (secondary N) is 1. The molecule has 2 amide bonds. The summed E-state index contributed by atoms with van der Waals surface area (Å²) in [5.74, 6) is -0.712. The van der Waals surface area contributed by atoms with E-state index in [1.807, 2.05) is 6.07 Å². The van der Waals surface area contributed by atoms with E-state index in [0.717, 1.165) is 0 Å². The number of hydrogen-bond donors (Lipinski definition) is 1. The quantitative estimate of drug-likeness (QED) is 0.879. The Bertz CT molecular complexity index is 641. The Morgan fingerprint density at radius 3 is 2.14 bits per heavy atom. The van der Waals surface area contributed by atoms with Gasteiger partial charge in [0.25, 0.3) is 5.91 Å². The van der Waals surface area contributed by atoms with Crippen molar-refractivity contribution in [1.82, 2.24) is 5.32 Å². The summed E-state index contributed by atoms with van der Waals surface area (Å²) < 4.78 is 0. The van der Waals surface area contributed by atoms with E-state index in [1.165, 1.54) is 4.90 Å². The van der Waals surface area contributed by atoms with Gasteiger partial charge in [-0.3, -0.25) is 14.4 Å². The fraction of sp³-hybridized carbons (Fsp3) is 0.118. The summed E-state index contributed by atoms with van der Waals surface area (Å²) in [4.78, 5) is 36.0. The molecule has 0 heterocycles.